The van der Waals surface area contributed by atoms with Gasteiger partial charge in [-0.25, -0.2) is 8.78 Å². The third kappa shape index (κ3) is 4.58. The summed E-state index contributed by atoms with van der Waals surface area (Å²) >= 11 is 6.56. The van der Waals surface area contributed by atoms with Crippen LogP contribution in [0.4, 0.5) is 25.8 Å². The number of rotatable bonds is 6. The Balaban J connectivity index is 1.61. The molecule has 3 N–H and O–H groups in total. The zero-order valence-corrected chi connectivity index (χ0v) is 18.6. The second-order valence-corrected chi connectivity index (χ2v) is 7.96. The molecule has 0 amide bonds. The van der Waals surface area contributed by atoms with Gasteiger partial charge in [-0.15, -0.1) is 0 Å². The van der Waals surface area contributed by atoms with Gasteiger partial charge >= 0.3 is 0 Å². The summed E-state index contributed by atoms with van der Waals surface area (Å²) in [7, 11) is 0. The highest BCUT2D eigenvalue weighted by molar-refractivity contribution is 6.36. The molecule has 5 aromatic rings. The Labute approximate surface area is 202 Å². The number of H-pyrrole nitrogens is 1. The molecule has 1 atom stereocenters. The minimum atomic E-state index is -0.526. The van der Waals surface area contributed by atoms with E-state index in [2.05, 4.69) is 42.1 Å². The number of anilines is 3. The number of fused-ring (bicyclic) bond motifs is 1. The standard InChI is InChI=1S/C24H15ClF2N8/c25-20-7-17(32-23(21-12-31-35-34-21)13-1-3-15(26)4-2-13)6-19-22(14(8-28)9-30-24(19)20)33-18-5-16(27)10-29-11-18/h1-7,9-12,23,32H,(H,30,33)(H,31,34,35)/t23-/m0/s1. The Hall–Kier alpha value is -4.62. The molecule has 0 spiro atoms. The summed E-state index contributed by atoms with van der Waals surface area (Å²) in [5, 5.41) is 27.6. The maximum Gasteiger partial charge on any atom is 0.143 e. The number of nitriles is 1. The first kappa shape index (κ1) is 22.2. The monoisotopic (exact) mass is 488 g/mol. The fourth-order valence-corrected chi connectivity index (χ4v) is 3.95. The van der Waals surface area contributed by atoms with E-state index in [1.807, 2.05) is 0 Å². The lowest BCUT2D eigenvalue weighted by atomic mass is 10.0. The summed E-state index contributed by atoms with van der Waals surface area (Å²) in [6.45, 7) is 0. The SMILES string of the molecule is N#Cc1cnc2c(Cl)cc(N[C@@H](c3ccc(F)cc3)c3cn[nH]n3)cc2c1Nc1cncc(F)c1. The Kier molecular flexibility index (Phi) is 5.91. The molecule has 0 saturated carbocycles. The highest BCUT2D eigenvalue weighted by Crippen LogP contribution is 2.36. The molecule has 0 aliphatic heterocycles. The number of hydrogen-bond acceptors (Lipinski definition) is 7. The van der Waals surface area contributed by atoms with Crippen LogP contribution in [-0.4, -0.2) is 25.4 Å². The topological polar surface area (TPSA) is 115 Å². The first-order valence-electron chi connectivity index (χ1n) is 10.3. The van der Waals surface area contributed by atoms with Crippen LogP contribution >= 0.6 is 11.6 Å². The van der Waals surface area contributed by atoms with Gasteiger partial charge in [0.15, 0.2) is 0 Å². The number of pyridine rings is 2. The summed E-state index contributed by atoms with van der Waals surface area (Å²) in [5.74, 6) is -0.888. The quantitative estimate of drug-likeness (QED) is 0.289. The number of hydrogen-bond donors (Lipinski definition) is 3. The van der Waals surface area contributed by atoms with Crippen molar-refractivity contribution < 1.29 is 8.78 Å². The van der Waals surface area contributed by atoms with E-state index in [-0.39, 0.29) is 11.4 Å². The predicted molar refractivity (Wildman–Crippen MR) is 127 cm³/mol. The molecule has 5 rings (SSSR count). The van der Waals surface area contributed by atoms with E-state index in [9.17, 15) is 14.0 Å². The molecule has 0 saturated heterocycles. The highest BCUT2D eigenvalue weighted by Gasteiger charge is 2.19. The molecule has 35 heavy (non-hydrogen) atoms. The lowest BCUT2D eigenvalue weighted by Gasteiger charge is -2.20. The van der Waals surface area contributed by atoms with Gasteiger partial charge in [-0.1, -0.05) is 23.7 Å². The van der Waals surface area contributed by atoms with Gasteiger partial charge in [0, 0.05) is 23.3 Å². The minimum Gasteiger partial charge on any atom is -0.373 e. The molecule has 0 aliphatic carbocycles. The van der Waals surface area contributed by atoms with E-state index >= 15 is 0 Å². The Morgan fingerprint density at radius 2 is 1.80 bits per heavy atom. The zero-order chi connectivity index (χ0) is 24.4. The van der Waals surface area contributed by atoms with Crippen LogP contribution in [0.5, 0.6) is 0 Å². The molecule has 0 unspecified atom stereocenters. The van der Waals surface area contributed by atoms with Gasteiger partial charge in [-0.2, -0.15) is 20.7 Å². The van der Waals surface area contributed by atoms with Crippen molar-refractivity contribution in [3.05, 3.63) is 101 Å². The molecule has 3 aromatic heterocycles. The molecule has 0 radical (unpaired) electrons. The lowest BCUT2D eigenvalue weighted by molar-refractivity contribution is 0.622. The Morgan fingerprint density at radius 3 is 2.51 bits per heavy atom. The minimum absolute atomic E-state index is 0.238. The van der Waals surface area contributed by atoms with Crippen LogP contribution in [0.2, 0.25) is 5.02 Å². The van der Waals surface area contributed by atoms with Crippen LogP contribution in [0.1, 0.15) is 22.9 Å². The molecular formula is C24H15ClF2N8. The van der Waals surface area contributed by atoms with Crippen molar-refractivity contribution in [3.8, 4) is 6.07 Å². The van der Waals surface area contributed by atoms with Crippen molar-refractivity contribution in [3.63, 3.8) is 0 Å². The van der Waals surface area contributed by atoms with Gasteiger partial charge in [0.2, 0.25) is 0 Å². The second kappa shape index (κ2) is 9.32. The first-order chi connectivity index (χ1) is 17.0. The summed E-state index contributed by atoms with van der Waals surface area (Å²) in [4.78, 5) is 8.17. The molecule has 8 nitrogen and oxygen atoms in total. The third-order valence-corrected chi connectivity index (χ3v) is 5.55. The van der Waals surface area contributed by atoms with Crippen LogP contribution in [-0.2, 0) is 0 Å². The fourth-order valence-electron chi connectivity index (χ4n) is 3.69. The zero-order valence-electron chi connectivity index (χ0n) is 17.8. The Morgan fingerprint density at radius 1 is 0.971 bits per heavy atom. The molecule has 0 aliphatic rings. The number of nitrogens with zero attached hydrogens (tertiary/aromatic N) is 5. The smallest absolute Gasteiger partial charge is 0.143 e. The van der Waals surface area contributed by atoms with E-state index in [0.29, 0.717) is 38.7 Å². The molecule has 2 aromatic carbocycles. The molecule has 11 heteroatoms. The first-order valence-corrected chi connectivity index (χ1v) is 10.7. The number of benzene rings is 2. The maximum atomic E-state index is 13.7. The molecule has 172 valence electrons. The molecular weight excluding hydrogens is 474 g/mol. The van der Waals surface area contributed by atoms with Crippen molar-refractivity contribution in [2.24, 2.45) is 0 Å². The molecule has 0 fully saturated rings. The fraction of sp³-hybridized carbons (Fsp3) is 0.0417. The summed E-state index contributed by atoms with van der Waals surface area (Å²) in [5.41, 5.74) is 3.33. The average molecular weight is 489 g/mol. The summed E-state index contributed by atoms with van der Waals surface area (Å²) in [6, 6.07) is 12.3. The number of nitrogens with one attached hydrogen (secondary N) is 3. The molecule has 0 bridgehead atoms. The molecule has 3 heterocycles. The maximum absolute atomic E-state index is 13.7. The van der Waals surface area contributed by atoms with E-state index in [0.717, 1.165) is 11.8 Å². The average Bonchev–Trinajstić information content (AvgIpc) is 3.38. The van der Waals surface area contributed by atoms with Gasteiger partial charge in [0.25, 0.3) is 0 Å². The van der Waals surface area contributed by atoms with Crippen LogP contribution in [0.3, 0.4) is 0 Å². The number of halogens is 3. The van der Waals surface area contributed by atoms with Gasteiger partial charge in [0.1, 0.15) is 23.4 Å². The van der Waals surface area contributed by atoms with Gasteiger partial charge in [-0.05, 0) is 29.8 Å². The highest BCUT2D eigenvalue weighted by atomic mass is 35.5. The van der Waals surface area contributed by atoms with E-state index < -0.39 is 11.9 Å². The van der Waals surface area contributed by atoms with E-state index in [1.165, 1.54) is 30.6 Å². The number of aromatic nitrogens is 5. The normalized spacial score (nSPS) is 11.7. The van der Waals surface area contributed by atoms with Crippen LogP contribution < -0.4 is 10.6 Å². The number of aromatic amines is 1. The van der Waals surface area contributed by atoms with Gasteiger partial charge in [-0.3, -0.25) is 9.97 Å². The van der Waals surface area contributed by atoms with Crippen molar-refractivity contribution in [1.82, 2.24) is 25.4 Å². The van der Waals surface area contributed by atoms with Crippen molar-refractivity contribution in [1.29, 1.82) is 5.26 Å². The summed E-state index contributed by atoms with van der Waals surface area (Å²) in [6.07, 6.45) is 5.48. The van der Waals surface area contributed by atoms with Gasteiger partial charge < -0.3 is 10.6 Å². The summed E-state index contributed by atoms with van der Waals surface area (Å²) < 4.78 is 27.2. The second-order valence-electron chi connectivity index (χ2n) is 7.55. The van der Waals surface area contributed by atoms with Crippen molar-refractivity contribution >= 4 is 39.6 Å². The van der Waals surface area contributed by atoms with Crippen molar-refractivity contribution in [2.75, 3.05) is 10.6 Å². The van der Waals surface area contributed by atoms with Crippen LogP contribution in [0, 0.1) is 23.0 Å². The van der Waals surface area contributed by atoms with E-state index in [4.69, 9.17) is 11.6 Å². The van der Waals surface area contributed by atoms with Crippen molar-refractivity contribution in [2.45, 2.75) is 6.04 Å². The lowest BCUT2D eigenvalue weighted by Crippen LogP contribution is -2.13. The van der Waals surface area contributed by atoms with Crippen LogP contribution in [0.15, 0.2) is 67.3 Å². The Bertz CT molecular complexity index is 1550. The predicted octanol–water partition coefficient (Wildman–Crippen LogP) is 5.50. The third-order valence-electron chi connectivity index (χ3n) is 5.26. The largest absolute Gasteiger partial charge is 0.373 e. The van der Waals surface area contributed by atoms with Crippen LogP contribution in [0.25, 0.3) is 10.9 Å². The van der Waals surface area contributed by atoms with Gasteiger partial charge in [0.05, 0.1) is 52.1 Å². The van der Waals surface area contributed by atoms with E-state index in [1.54, 1.807) is 30.5 Å².